The van der Waals surface area contributed by atoms with E-state index < -0.39 is 0 Å². The molecule has 1 nitrogen and oxygen atoms in total. The van der Waals surface area contributed by atoms with Gasteiger partial charge in [-0.3, -0.25) is 0 Å². The van der Waals surface area contributed by atoms with Crippen molar-refractivity contribution in [2.24, 2.45) is 0 Å². The van der Waals surface area contributed by atoms with Crippen LogP contribution in [0, 0.1) is 6.92 Å². The Morgan fingerprint density at radius 1 is 1.44 bits per heavy atom. The van der Waals surface area contributed by atoms with Crippen molar-refractivity contribution in [3.63, 3.8) is 0 Å². The molecular weight excluding hydrogens is 128 g/mol. The van der Waals surface area contributed by atoms with Gasteiger partial charge in [0.15, 0.2) is 0 Å². The number of aromatic hydroxyl groups is 1. The maximum absolute atomic E-state index is 9.13. The fourth-order valence-electron chi connectivity index (χ4n) is 0.736. The van der Waals surface area contributed by atoms with E-state index in [9.17, 15) is 0 Å². The molecule has 9 heavy (non-hydrogen) atoms. The van der Waals surface area contributed by atoms with E-state index in [2.05, 4.69) is 0 Å². The molecule has 1 N–H and O–H groups in total. The van der Waals surface area contributed by atoms with Gasteiger partial charge in [-0.15, -0.1) is 0 Å². The Morgan fingerprint density at radius 3 is 2.56 bits per heavy atom. The molecule has 0 atom stereocenters. The number of phenols is 1. The monoisotopic (exact) mass is 138 g/mol. The van der Waals surface area contributed by atoms with Crippen molar-refractivity contribution in [3.8, 4) is 5.75 Å². The number of hydrogen-bond donors (Lipinski definition) is 1. The maximum atomic E-state index is 9.13. The fraction of sp³-hybridized carbons (Fsp3) is 0.143. The van der Waals surface area contributed by atoms with E-state index in [1.165, 1.54) is 5.56 Å². The van der Waals surface area contributed by atoms with Gasteiger partial charge in [-0.25, -0.2) is 0 Å². The molecule has 0 saturated heterocycles. The molecule has 0 aliphatic rings. The maximum Gasteiger partial charge on any atom is 0.114 e. The molecule has 0 heterocycles. The van der Waals surface area contributed by atoms with Crippen LogP contribution in [0.1, 0.15) is 5.56 Å². The molecule has 0 aromatic heterocycles. The lowest BCUT2D eigenvalue weighted by molar-refractivity contribution is 0.479. The molecule has 48 valence electrons. The molecule has 1 rings (SSSR count). The van der Waals surface area contributed by atoms with Crippen LogP contribution in [0.4, 0.5) is 0 Å². The molecule has 0 bridgehead atoms. The van der Waals surface area contributed by atoms with E-state index in [0.717, 1.165) is 15.4 Å². The number of phenolic OH excluding ortho intramolecular Hbond substituents is 1. The molecule has 0 radical (unpaired) electrons. The van der Waals surface area contributed by atoms with E-state index in [4.69, 9.17) is 5.11 Å². The second-order valence-electron chi connectivity index (χ2n) is 2.22. The summed E-state index contributed by atoms with van der Waals surface area (Å²) in [4.78, 5) is 0. The summed E-state index contributed by atoms with van der Waals surface area (Å²) >= 11 is 0. The summed E-state index contributed by atoms with van der Waals surface area (Å²) in [6, 6.07) is 5.61. The minimum atomic E-state index is 0.446. The lowest BCUT2D eigenvalue weighted by Crippen LogP contribution is -2.06. The Kier molecular flexibility index (Phi) is 1.58. The average molecular weight is 138 g/mol. The molecule has 0 fully saturated rings. The fourth-order valence-corrected chi connectivity index (χ4v) is 1.07. The first-order valence-corrected chi connectivity index (χ1v) is 3.97. The summed E-state index contributed by atoms with van der Waals surface area (Å²) < 4.78 is 0. The number of rotatable bonds is 0. The van der Waals surface area contributed by atoms with E-state index in [1.54, 1.807) is 6.07 Å². The Bertz CT molecular complexity index is 200. The summed E-state index contributed by atoms with van der Waals surface area (Å²) in [7, 11) is 0.928. The highest BCUT2D eigenvalue weighted by Crippen LogP contribution is 2.04. The standard InChI is InChI=1S/C7H10OSi/c1-5-3-2-4-6(8)7(5)9/h2-4,8H,1,9H3. The highest BCUT2D eigenvalue weighted by atomic mass is 28.1. The largest absolute Gasteiger partial charge is 0.508 e. The van der Waals surface area contributed by atoms with Crippen LogP contribution in [0.3, 0.4) is 0 Å². The van der Waals surface area contributed by atoms with Gasteiger partial charge in [-0.05, 0) is 23.7 Å². The third-order valence-corrected chi connectivity index (χ3v) is 2.88. The number of aryl methyl sites for hydroxylation is 1. The summed E-state index contributed by atoms with van der Waals surface area (Å²) in [5, 5.41) is 10.2. The van der Waals surface area contributed by atoms with Gasteiger partial charge in [-0.2, -0.15) is 0 Å². The smallest absolute Gasteiger partial charge is 0.114 e. The van der Waals surface area contributed by atoms with Gasteiger partial charge in [0.1, 0.15) is 5.75 Å². The van der Waals surface area contributed by atoms with Crippen molar-refractivity contribution < 1.29 is 5.11 Å². The molecule has 0 amide bonds. The number of hydrogen-bond acceptors (Lipinski definition) is 1. The summed E-state index contributed by atoms with van der Waals surface area (Å²) in [5.41, 5.74) is 1.20. The van der Waals surface area contributed by atoms with Crippen LogP contribution in [0.2, 0.25) is 0 Å². The van der Waals surface area contributed by atoms with Gasteiger partial charge in [0, 0.05) is 10.2 Å². The average Bonchev–Trinajstić information content (AvgIpc) is 1.83. The van der Waals surface area contributed by atoms with Gasteiger partial charge in [0.25, 0.3) is 0 Å². The minimum Gasteiger partial charge on any atom is -0.508 e. The minimum absolute atomic E-state index is 0.446. The normalized spacial score (nSPS) is 9.89. The topological polar surface area (TPSA) is 20.2 Å². The zero-order valence-electron chi connectivity index (χ0n) is 5.68. The molecule has 0 spiro atoms. The quantitative estimate of drug-likeness (QED) is 0.488. The molecule has 1 aromatic rings. The highest BCUT2D eigenvalue weighted by molar-refractivity contribution is 6.35. The van der Waals surface area contributed by atoms with Gasteiger partial charge in [-0.1, -0.05) is 12.1 Å². The van der Waals surface area contributed by atoms with Crippen LogP contribution in [0.5, 0.6) is 5.75 Å². The molecule has 0 unspecified atom stereocenters. The van der Waals surface area contributed by atoms with Gasteiger partial charge >= 0.3 is 0 Å². The third kappa shape index (κ3) is 1.13. The third-order valence-electron chi connectivity index (χ3n) is 1.58. The molecule has 0 saturated carbocycles. The summed E-state index contributed by atoms with van der Waals surface area (Å²) in [6.45, 7) is 2.02. The lowest BCUT2D eigenvalue weighted by Gasteiger charge is -1.99. The highest BCUT2D eigenvalue weighted by Gasteiger charge is 1.94. The Hall–Kier alpha value is -0.763. The van der Waals surface area contributed by atoms with Gasteiger partial charge < -0.3 is 5.11 Å². The second kappa shape index (κ2) is 2.23. The molecule has 1 aromatic carbocycles. The van der Waals surface area contributed by atoms with Crippen molar-refractivity contribution in [3.05, 3.63) is 23.8 Å². The second-order valence-corrected chi connectivity index (χ2v) is 3.22. The predicted molar refractivity (Wildman–Crippen MR) is 42.4 cm³/mol. The van der Waals surface area contributed by atoms with Crippen LogP contribution in [-0.2, 0) is 0 Å². The predicted octanol–water partition coefficient (Wildman–Crippen LogP) is -0.309. The van der Waals surface area contributed by atoms with E-state index >= 15 is 0 Å². The lowest BCUT2D eigenvalue weighted by atomic mass is 10.2. The van der Waals surface area contributed by atoms with E-state index in [1.807, 2.05) is 19.1 Å². The van der Waals surface area contributed by atoms with Crippen molar-refractivity contribution in [2.75, 3.05) is 0 Å². The van der Waals surface area contributed by atoms with Crippen molar-refractivity contribution in [1.29, 1.82) is 0 Å². The Labute approximate surface area is 57.8 Å². The van der Waals surface area contributed by atoms with Gasteiger partial charge in [0.2, 0.25) is 0 Å². The first-order valence-electron chi connectivity index (χ1n) is 2.97. The Balaban J connectivity index is 3.25. The van der Waals surface area contributed by atoms with Crippen LogP contribution < -0.4 is 5.19 Å². The van der Waals surface area contributed by atoms with E-state index in [0.29, 0.717) is 5.75 Å². The SMILES string of the molecule is Cc1cccc(O)c1[SiH3]. The number of benzene rings is 1. The van der Waals surface area contributed by atoms with Crippen molar-refractivity contribution in [2.45, 2.75) is 6.92 Å². The first-order chi connectivity index (χ1) is 4.22. The Morgan fingerprint density at radius 2 is 2.11 bits per heavy atom. The zero-order chi connectivity index (χ0) is 6.85. The van der Waals surface area contributed by atoms with Crippen molar-refractivity contribution in [1.82, 2.24) is 0 Å². The van der Waals surface area contributed by atoms with Crippen LogP contribution >= 0.6 is 0 Å². The summed E-state index contributed by atoms with van der Waals surface area (Å²) in [5.74, 6) is 0.446. The van der Waals surface area contributed by atoms with Crippen LogP contribution in [-0.4, -0.2) is 15.3 Å². The zero-order valence-corrected chi connectivity index (χ0v) is 7.68. The molecule has 0 aliphatic heterocycles. The molecular formula is C7H10OSi. The molecule has 0 aliphatic carbocycles. The van der Waals surface area contributed by atoms with Crippen molar-refractivity contribution >= 4 is 15.4 Å². The van der Waals surface area contributed by atoms with Gasteiger partial charge in [0.05, 0.1) is 0 Å². The van der Waals surface area contributed by atoms with Crippen LogP contribution in [0.15, 0.2) is 18.2 Å². The first kappa shape index (κ1) is 6.36. The summed E-state index contributed by atoms with van der Waals surface area (Å²) in [6.07, 6.45) is 0. The van der Waals surface area contributed by atoms with E-state index in [-0.39, 0.29) is 0 Å². The molecule has 2 heteroatoms. The van der Waals surface area contributed by atoms with Crippen LogP contribution in [0.25, 0.3) is 0 Å².